The number of nitrogens with zero attached hydrogens (tertiary/aromatic N) is 1. The molecule has 1 amide bonds. The van der Waals surface area contributed by atoms with Crippen LogP contribution in [0.15, 0.2) is 12.2 Å². The Kier molecular flexibility index (Phi) is 7.18. The molecule has 0 aliphatic carbocycles. The van der Waals surface area contributed by atoms with Crippen LogP contribution in [0.3, 0.4) is 0 Å². The number of nitrogens with two attached hydrogens (primary N) is 1. The van der Waals surface area contributed by atoms with Gasteiger partial charge in [-0.2, -0.15) is 0 Å². The van der Waals surface area contributed by atoms with Gasteiger partial charge in [-0.05, 0) is 0 Å². The van der Waals surface area contributed by atoms with Crippen LogP contribution >= 0.6 is 0 Å². The van der Waals surface area contributed by atoms with E-state index in [0.29, 0.717) is 16.6 Å². The van der Waals surface area contributed by atoms with Gasteiger partial charge in [0.15, 0.2) is 0 Å². The summed E-state index contributed by atoms with van der Waals surface area (Å²) >= 11 is 0. The lowest BCUT2D eigenvalue weighted by Gasteiger charge is -2.23. The fourth-order valence-corrected chi connectivity index (χ4v) is 0.650. The maximum atomic E-state index is 10.5. The first kappa shape index (κ1) is 17.4. The van der Waals surface area contributed by atoms with Gasteiger partial charge >= 0.3 is 0 Å². The Morgan fingerprint density at radius 2 is 1.75 bits per heavy atom. The van der Waals surface area contributed by atoms with E-state index in [0.717, 1.165) is 7.11 Å². The molecule has 0 atom stereocenters. The summed E-state index contributed by atoms with van der Waals surface area (Å²) in [5.41, 5.74) is 5.47. The topological polar surface area (TPSA) is 110 Å². The Morgan fingerprint density at radius 1 is 1.44 bits per heavy atom. The van der Waals surface area contributed by atoms with E-state index in [1.807, 2.05) is 21.1 Å². The van der Waals surface area contributed by atoms with Gasteiger partial charge in [-0.25, -0.2) is 8.42 Å². The molecule has 0 heterocycles. The first-order valence-corrected chi connectivity index (χ1v) is 5.52. The molecule has 0 unspecified atom stereocenters. The second-order valence-corrected chi connectivity index (χ2v) is 5.14. The fourth-order valence-electron chi connectivity index (χ4n) is 0.650. The molecule has 2 N–H and O–H groups in total. The minimum atomic E-state index is -4.41. The van der Waals surface area contributed by atoms with Crippen LogP contribution in [-0.4, -0.2) is 58.2 Å². The molecule has 0 spiro atoms. The van der Waals surface area contributed by atoms with Crippen molar-refractivity contribution in [3.05, 3.63) is 12.2 Å². The van der Waals surface area contributed by atoms with E-state index in [2.05, 4.69) is 10.8 Å². The van der Waals surface area contributed by atoms with Gasteiger partial charge in [-0.3, -0.25) is 8.98 Å². The summed E-state index contributed by atoms with van der Waals surface area (Å²) < 4.78 is 31.7. The van der Waals surface area contributed by atoms with E-state index in [-0.39, 0.29) is 0 Å². The lowest BCUT2D eigenvalue weighted by atomic mass is 10.2. The third-order valence-electron chi connectivity index (χ3n) is 1.22. The predicted molar refractivity (Wildman–Crippen MR) is 57.9 cm³/mol. The molecule has 0 bridgehead atoms. The molecule has 0 aromatic heterocycles. The molecular weight excluding hydrogens is 236 g/mol. The van der Waals surface area contributed by atoms with Gasteiger partial charge in [0.05, 0.1) is 33.8 Å². The van der Waals surface area contributed by atoms with Gasteiger partial charge in [0.25, 0.3) is 0 Å². The van der Waals surface area contributed by atoms with Gasteiger partial charge in [-0.15, -0.1) is 0 Å². The molecule has 0 saturated carbocycles. The van der Waals surface area contributed by atoms with Crippen LogP contribution in [0, 0.1) is 0 Å². The van der Waals surface area contributed by atoms with Crippen molar-refractivity contribution in [2.75, 3.05) is 34.8 Å². The Bertz CT molecular complexity index is 342. The molecule has 0 fully saturated rings. The third-order valence-corrected chi connectivity index (χ3v) is 1.63. The zero-order valence-electron chi connectivity index (χ0n) is 9.89. The molecule has 8 heteroatoms. The number of amides is 1. The van der Waals surface area contributed by atoms with Crippen molar-refractivity contribution in [3.8, 4) is 0 Å². The van der Waals surface area contributed by atoms with Crippen molar-refractivity contribution in [2.24, 2.45) is 5.73 Å². The van der Waals surface area contributed by atoms with Crippen molar-refractivity contribution in [2.45, 2.75) is 0 Å². The molecule has 0 saturated heterocycles. The molecular formula is C8H18N2O5S. The molecule has 7 nitrogen and oxygen atoms in total. The highest BCUT2D eigenvalue weighted by molar-refractivity contribution is 7.80. The Morgan fingerprint density at radius 3 is 1.81 bits per heavy atom. The van der Waals surface area contributed by atoms with Crippen LogP contribution in [0.25, 0.3) is 0 Å². The highest BCUT2D eigenvalue weighted by Gasteiger charge is 2.12. The van der Waals surface area contributed by atoms with E-state index in [4.69, 9.17) is 5.73 Å². The number of primary amides is 1. The van der Waals surface area contributed by atoms with Crippen molar-refractivity contribution < 1.29 is 26.4 Å². The molecule has 0 aliphatic heterocycles. The molecule has 0 rings (SSSR count). The van der Waals surface area contributed by atoms with Gasteiger partial charge in [0.1, 0.15) is 6.54 Å². The van der Waals surface area contributed by atoms with Crippen molar-refractivity contribution in [3.63, 3.8) is 0 Å². The highest BCUT2D eigenvalue weighted by Crippen LogP contribution is 1.97. The number of likely N-dealkylation sites (N-methyl/N-ethyl adjacent to an activating group) is 1. The van der Waals surface area contributed by atoms with E-state index in [9.17, 15) is 17.8 Å². The average Bonchev–Trinajstić information content (AvgIpc) is 2.00. The van der Waals surface area contributed by atoms with E-state index in [1.54, 1.807) is 0 Å². The molecule has 0 radical (unpaired) electrons. The largest absolute Gasteiger partial charge is 0.726 e. The Balaban J connectivity index is 0. The molecule has 0 aromatic carbocycles. The van der Waals surface area contributed by atoms with Crippen LogP contribution in [0.4, 0.5) is 0 Å². The molecule has 96 valence electrons. The van der Waals surface area contributed by atoms with E-state index < -0.39 is 16.3 Å². The van der Waals surface area contributed by atoms with Gasteiger partial charge in [0, 0.05) is 0 Å². The third kappa shape index (κ3) is 15.5. The molecule has 0 aliphatic rings. The van der Waals surface area contributed by atoms with Crippen LogP contribution in [0.1, 0.15) is 0 Å². The number of carbonyl (C=O) groups excluding carboxylic acids is 1. The van der Waals surface area contributed by atoms with Crippen LogP contribution < -0.4 is 5.73 Å². The summed E-state index contributed by atoms with van der Waals surface area (Å²) in [5, 5.41) is 0. The van der Waals surface area contributed by atoms with Crippen molar-refractivity contribution >= 4 is 16.3 Å². The maximum Gasteiger partial charge on any atom is 0.249 e. The predicted octanol–water partition coefficient (Wildman–Crippen LogP) is -1.17. The monoisotopic (exact) mass is 254 g/mol. The minimum Gasteiger partial charge on any atom is -0.726 e. The number of hydrogen-bond donors (Lipinski definition) is 1. The second kappa shape index (κ2) is 6.59. The normalized spacial score (nSPS) is 11.3. The highest BCUT2D eigenvalue weighted by atomic mass is 32.3. The summed E-state index contributed by atoms with van der Waals surface area (Å²) in [6.07, 6.45) is 0. The zero-order chi connectivity index (χ0) is 13.6. The SMILES string of the molecule is C=C(C[N+](C)(C)C)C(N)=O.COS(=O)(=O)[O-]. The first-order chi connectivity index (χ1) is 6.89. The molecule has 16 heavy (non-hydrogen) atoms. The average molecular weight is 254 g/mol. The summed E-state index contributed by atoms with van der Waals surface area (Å²) in [4.78, 5) is 10.5. The quantitative estimate of drug-likeness (QED) is 0.294. The van der Waals surface area contributed by atoms with Crippen LogP contribution in [0.2, 0.25) is 0 Å². The van der Waals surface area contributed by atoms with Gasteiger partial charge in [-0.1, -0.05) is 6.58 Å². The van der Waals surface area contributed by atoms with Gasteiger partial charge < -0.3 is 14.8 Å². The number of quaternary nitrogens is 1. The number of hydrogen-bond acceptors (Lipinski definition) is 5. The minimum absolute atomic E-state index is 0.409. The standard InChI is InChI=1S/C7H14N2O.CH4O4S/c1-6(7(8)10)5-9(2,3)4;1-5-6(2,3)4/h1,5H2,2-4H3,(H-,8,10);1H3,(H,2,3,4). The second-order valence-electron chi connectivity index (χ2n) is 3.99. The Hall–Kier alpha value is -0.960. The Labute approximate surface area is 96.0 Å². The lowest BCUT2D eigenvalue weighted by molar-refractivity contribution is -0.865. The zero-order valence-corrected chi connectivity index (χ0v) is 10.7. The number of rotatable bonds is 4. The van der Waals surface area contributed by atoms with Gasteiger partial charge in [0.2, 0.25) is 16.3 Å². The fraction of sp³-hybridized carbons (Fsp3) is 0.625. The summed E-state index contributed by atoms with van der Waals surface area (Å²) in [6.45, 7) is 4.16. The van der Waals surface area contributed by atoms with Crippen molar-refractivity contribution in [1.29, 1.82) is 0 Å². The van der Waals surface area contributed by atoms with Crippen LogP contribution in [-0.2, 0) is 19.4 Å². The first-order valence-electron chi connectivity index (χ1n) is 4.18. The van der Waals surface area contributed by atoms with E-state index >= 15 is 0 Å². The summed E-state index contributed by atoms with van der Waals surface area (Å²) in [6, 6.07) is 0. The maximum absolute atomic E-state index is 10.5. The molecule has 0 aromatic rings. The van der Waals surface area contributed by atoms with Crippen molar-refractivity contribution in [1.82, 2.24) is 0 Å². The van der Waals surface area contributed by atoms with E-state index in [1.165, 1.54) is 0 Å². The lowest BCUT2D eigenvalue weighted by Crippen LogP contribution is -2.38. The van der Waals surface area contributed by atoms with Crippen LogP contribution in [0.5, 0.6) is 0 Å². The summed E-state index contributed by atoms with van der Waals surface area (Å²) in [5.74, 6) is -0.409. The number of carbonyl (C=O) groups is 1. The smallest absolute Gasteiger partial charge is 0.249 e. The summed E-state index contributed by atoms with van der Waals surface area (Å²) in [7, 11) is 2.34.